The summed E-state index contributed by atoms with van der Waals surface area (Å²) in [6.07, 6.45) is 0. The molecule has 94 valence electrons. The van der Waals surface area contributed by atoms with Gasteiger partial charge in [-0.25, -0.2) is 0 Å². The van der Waals surface area contributed by atoms with Crippen LogP contribution in [0.2, 0.25) is 5.02 Å². The van der Waals surface area contributed by atoms with Crippen molar-refractivity contribution in [3.05, 3.63) is 55.9 Å². The Bertz CT molecular complexity index is 555. The van der Waals surface area contributed by atoms with Crippen LogP contribution in [0.3, 0.4) is 0 Å². The van der Waals surface area contributed by atoms with Gasteiger partial charge in [-0.05, 0) is 46.3 Å². The summed E-state index contributed by atoms with van der Waals surface area (Å²) < 4.78 is 7.57. The minimum absolute atomic E-state index is 0.339. The van der Waals surface area contributed by atoms with Crippen LogP contribution >= 0.6 is 43.5 Å². The zero-order valence-electron chi connectivity index (χ0n) is 9.29. The van der Waals surface area contributed by atoms with Crippen molar-refractivity contribution in [3.63, 3.8) is 0 Å². The topological polar surface area (TPSA) is 35.2 Å². The number of halogens is 3. The molecule has 0 saturated carbocycles. The highest BCUT2D eigenvalue weighted by Gasteiger charge is 2.07. The molecule has 0 spiro atoms. The Labute approximate surface area is 127 Å². The van der Waals surface area contributed by atoms with E-state index in [0.29, 0.717) is 17.3 Å². The van der Waals surface area contributed by atoms with Crippen LogP contribution in [0.5, 0.6) is 5.75 Å². The Morgan fingerprint density at radius 1 is 1.17 bits per heavy atom. The predicted octanol–water partition coefficient (Wildman–Crippen LogP) is 5.03. The van der Waals surface area contributed by atoms with Crippen molar-refractivity contribution in [2.45, 2.75) is 6.61 Å². The molecule has 0 aliphatic rings. The number of anilines is 1. The molecule has 0 aliphatic carbocycles. The number of hydrogen-bond donors (Lipinski definition) is 1. The molecule has 2 aromatic carbocycles. The van der Waals surface area contributed by atoms with Gasteiger partial charge >= 0.3 is 0 Å². The normalized spacial score (nSPS) is 10.4. The Hall–Kier alpha value is -0.710. The Balaban J connectivity index is 2.16. The summed E-state index contributed by atoms with van der Waals surface area (Å²) in [4.78, 5) is 0. The largest absolute Gasteiger partial charge is 0.488 e. The Kier molecular flexibility index (Phi) is 4.54. The number of hydrogen-bond acceptors (Lipinski definition) is 2. The van der Waals surface area contributed by atoms with E-state index < -0.39 is 0 Å². The Morgan fingerprint density at radius 3 is 2.61 bits per heavy atom. The van der Waals surface area contributed by atoms with E-state index in [1.165, 1.54) is 0 Å². The predicted molar refractivity (Wildman–Crippen MR) is 82.0 cm³/mol. The average Bonchev–Trinajstić information content (AvgIpc) is 2.31. The first kappa shape index (κ1) is 13.7. The molecule has 2 aromatic rings. The van der Waals surface area contributed by atoms with Crippen molar-refractivity contribution in [2.75, 3.05) is 5.73 Å². The smallest absolute Gasteiger partial charge is 0.134 e. The second kappa shape index (κ2) is 5.95. The molecule has 0 aliphatic heterocycles. The SMILES string of the molecule is Nc1cccc(Cl)c1COc1ccc(Br)cc1Br. The first-order valence-corrected chi connectivity index (χ1v) is 7.15. The highest BCUT2D eigenvalue weighted by atomic mass is 79.9. The summed E-state index contributed by atoms with van der Waals surface area (Å²) in [7, 11) is 0. The minimum atomic E-state index is 0.339. The monoisotopic (exact) mass is 389 g/mol. The lowest BCUT2D eigenvalue weighted by atomic mass is 10.2. The standard InChI is InChI=1S/C13H10Br2ClNO/c14-8-4-5-13(10(15)6-8)18-7-9-11(16)2-1-3-12(9)17/h1-6H,7,17H2. The zero-order valence-corrected chi connectivity index (χ0v) is 13.2. The van der Waals surface area contributed by atoms with E-state index >= 15 is 0 Å². The van der Waals surface area contributed by atoms with Gasteiger partial charge in [-0.1, -0.05) is 33.6 Å². The molecule has 0 heterocycles. The van der Waals surface area contributed by atoms with Gasteiger partial charge in [0.25, 0.3) is 0 Å². The Morgan fingerprint density at radius 2 is 1.94 bits per heavy atom. The van der Waals surface area contributed by atoms with Crippen molar-refractivity contribution in [1.82, 2.24) is 0 Å². The molecule has 2 rings (SSSR count). The van der Waals surface area contributed by atoms with E-state index in [-0.39, 0.29) is 0 Å². The number of rotatable bonds is 3. The van der Waals surface area contributed by atoms with Crippen molar-refractivity contribution < 1.29 is 4.74 Å². The maximum absolute atomic E-state index is 6.08. The van der Waals surface area contributed by atoms with Crippen LogP contribution in [-0.4, -0.2) is 0 Å². The molecule has 18 heavy (non-hydrogen) atoms. The molecule has 2 nitrogen and oxygen atoms in total. The van der Waals surface area contributed by atoms with E-state index in [4.69, 9.17) is 22.1 Å². The van der Waals surface area contributed by atoms with E-state index in [1.807, 2.05) is 24.3 Å². The third-order valence-electron chi connectivity index (χ3n) is 2.42. The molecule has 5 heteroatoms. The zero-order chi connectivity index (χ0) is 13.1. The van der Waals surface area contributed by atoms with Gasteiger partial charge in [0.05, 0.1) is 4.47 Å². The fourth-order valence-electron chi connectivity index (χ4n) is 1.47. The number of nitrogen functional groups attached to an aromatic ring is 1. The molecule has 2 N–H and O–H groups in total. The molecular weight excluding hydrogens is 381 g/mol. The van der Waals surface area contributed by atoms with Crippen LogP contribution in [0.1, 0.15) is 5.56 Å². The third kappa shape index (κ3) is 3.19. The lowest BCUT2D eigenvalue weighted by molar-refractivity contribution is 0.305. The molecule has 0 fully saturated rings. The van der Waals surface area contributed by atoms with Crippen LogP contribution in [-0.2, 0) is 6.61 Å². The first-order chi connectivity index (χ1) is 8.58. The van der Waals surface area contributed by atoms with E-state index in [0.717, 1.165) is 20.3 Å². The van der Waals surface area contributed by atoms with Crippen LogP contribution in [0.15, 0.2) is 45.3 Å². The summed E-state index contributed by atoms with van der Waals surface area (Å²) in [5.74, 6) is 0.748. The fraction of sp³-hybridized carbons (Fsp3) is 0.0769. The average molecular weight is 391 g/mol. The van der Waals surface area contributed by atoms with Gasteiger partial charge in [0, 0.05) is 20.7 Å². The molecule has 0 aromatic heterocycles. The highest BCUT2D eigenvalue weighted by molar-refractivity contribution is 9.11. The lowest BCUT2D eigenvalue weighted by Gasteiger charge is -2.11. The number of ether oxygens (including phenoxy) is 1. The van der Waals surface area contributed by atoms with Gasteiger partial charge in [0.2, 0.25) is 0 Å². The minimum Gasteiger partial charge on any atom is -0.488 e. The second-order valence-corrected chi connectivity index (χ2v) is 5.85. The first-order valence-electron chi connectivity index (χ1n) is 5.18. The van der Waals surface area contributed by atoms with Crippen molar-refractivity contribution >= 4 is 49.1 Å². The summed E-state index contributed by atoms with van der Waals surface area (Å²) in [5.41, 5.74) is 7.30. The summed E-state index contributed by atoms with van der Waals surface area (Å²) in [6, 6.07) is 11.1. The van der Waals surface area contributed by atoms with E-state index in [1.54, 1.807) is 12.1 Å². The number of nitrogens with two attached hydrogens (primary N) is 1. The summed E-state index contributed by atoms with van der Waals surface area (Å²) in [5, 5.41) is 0.614. The quantitative estimate of drug-likeness (QED) is 0.745. The van der Waals surface area contributed by atoms with E-state index in [9.17, 15) is 0 Å². The van der Waals surface area contributed by atoms with Gasteiger partial charge in [-0.2, -0.15) is 0 Å². The third-order valence-corrected chi connectivity index (χ3v) is 3.89. The van der Waals surface area contributed by atoms with Crippen molar-refractivity contribution in [1.29, 1.82) is 0 Å². The van der Waals surface area contributed by atoms with Crippen LogP contribution < -0.4 is 10.5 Å². The maximum atomic E-state index is 6.08. The van der Waals surface area contributed by atoms with Gasteiger partial charge in [0.1, 0.15) is 12.4 Å². The second-order valence-electron chi connectivity index (χ2n) is 3.67. The molecule has 0 unspecified atom stereocenters. The molecule has 0 amide bonds. The highest BCUT2D eigenvalue weighted by Crippen LogP contribution is 2.30. The lowest BCUT2D eigenvalue weighted by Crippen LogP contribution is -2.01. The molecule has 0 atom stereocenters. The molecule has 0 radical (unpaired) electrons. The molecule has 0 bridgehead atoms. The number of benzene rings is 2. The molecule has 0 saturated heterocycles. The van der Waals surface area contributed by atoms with Gasteiger partial charge in [0.15, 0.2) is 0 Å². The van der Waals surface area contributed by atoms with E-state index in [2.05, 4.69) is 31.9 Å². The fourth-order valence-corrected chi connectivity index (χ4v) is 2.87. The van der Waals surface area contributed by atoms with Crippen molar-refractivity contribution in [2.24, 2.45) is 0 Å². The summed E-state index contributed by atoms with van der Waals surface area (Å²) >= 11 is 12.9. The van der Waals surface area contributed by atoms with Gasteiger partial charge in [-0.3, -0.25) is 0 Å². The van der Waals surface area contributed by atoms with Crippen LogP contribution in [0.4, 0.5) is 5.69 Å². The van der Waals surface area contributed by atoms with Crippen molar-refractivity contribution in [3.8, 4) is 5.75 Å². The van der Waals surface area contributed by atoms with Gasteiger partial charge < -0.3 is 10.5 Å². The van der Waals surface area contributed by atoms with Crippen LogP contribution in [0, 0.1) is 0 Å². The molecular formula is C13H10Br2ClNO. The van der Waals surface area contributed by atoms with Gasteiger partial charge in [-0.15, -0.1) is 0 Å². The van der Waals surface area contributed by atoms with Crippen LogP contribution in [0.25, 0.3) is 0 Å². The summed E-state index contributed by atoms with van der Waals surface area (Å²) in [6.45, 7) is 0.339. The maximum Gasteiger partial charge on any atom is 0.134 e.